The molecule has 3 aromatic rings. The Morgan fingerprint density at radius 2 is 1.92 bits per heavy atom. The van der Waals surface area contributed by atoms with Gasteiger partial charge in [-0.15, -0.1) is 0 Å². The SMILES string of the molecule is CCCCNC(=O)CC(c1ccc(OC)cc1)c1c[nH]c2ccccc12. The van der Waals surface area contributed by atoms with Crippen molar-refractivity contribution < 1.29 is 9.53 Å². The molecule has 3 rings (SSSR count). The van der Waals surface area contributed by atoms with Crippen LogP contribution in [0.25, 0.3) is 10.9 Å². The molecule has 26 heavy (non-hydrogen) atoms. The van der Waals surface area contributed by atoms with Gasteiger partial charge in [0, 0.05) is 36.0 Å². The zero-order valence-electron chi connectivity index (χ0n) is 15.4. The molecule has 136 valence electrons. The summed E-state index contributed by atoms with van der Waals surface area (Å²) < 4.78 is 5.27. The van der Waals surface area contributed by atoms with Crippen molar-refractivity contribution in [2.45, 2.75) is 32.1 Å². The number of aromatic amines is 1. The number of ether oxygens (including phenoxy) is 1. The third-order valence-corrected chi connectivity index (χ3v) is 4.76. The van der Waals surface area contributed by atoms with Crippen LogP contribution >= 0.6 is 0 Å². The Balaban J connectivity index is 1.91. The average molecular weight is 350 g/mol. The monoisotopic (exact) mass is 350 g/mol. The molecule has 0 saturated carbocycles. The van der Waals surface area contributed by atoms with Crippen LogP contribution in [0.4, 0.5) is 0 Å². The van der Waals surface area contributed by atoms with Crippen molar-refractivity contribution in [3.8, 4) is 5.75 Å². The molecule has 0 fully saturated rings. The van der Waals surface area contributed by atoms with Crippen molar-refractivity contribution in [2.24, 2.45) is 0 Å². The van der Waals surface area contributed by atoms with Gasteiger partial charge < -0.3 is 15.0 Å². The number of fused-ring (bicyclic) bond motifs is 1. The van der Waals surface area contributed by atoms with Gasteiger partial charge in [0.05, 0.1) is 7.11 Å². The Labute approximate surface area is 154 Å². The molecule has 1 aromatic heterocycles. The van der Waals surface area contributed by atoms with Crippen molar-refractivity contribution in [3.05, 3.63) is 65.9 Å². The van der Waals surface area contributed by atoms with Crippen LogP contribution in [0.2, 0.25) is 0 Å². The molecule has 2 N–H and O–H groups in total. The minimum absolute atomic E-state index is 0.00122. The molecule has 1 heterocycles. The first kappa shape index (κ1) is 18.1. The number of hydrogen-bond donors (Lipinski definition) is 2. The normalized spacial score (nSPS) is 12.1. The summed E-state index contributed by atoms with van der Waals surface area (Å²) >= 11 is 0. The van der Waals surface area contributed by atoms with Gasteiger partial charge in [0.2, 0.25) is 5.91 Å². The fourth-order valence-electron chi connectivity index (χ4n) is 3.29. The highest BCUT2D eigenvalue weighted by Gasteiger charge is 2.21. The highest BCUT2D eigenvalue weighted by atomic mass is 16.5. The molecule has 0 aliphatic carbocycles. The Kier molecular flexibility index (Phi) is 5.95. The maximum atomic E-state index is 12.5. The highest BCUT2D eigenvalue weighted by molar-refractivity contribution is 5.86. The fourth-order valence-corrected chi connectivity index (χ4v) is 3.29. The topological polar surface area (TPSA) is 54.1 Å². The van der Waals surface area contributed by atoms with Gasteiger partial charge in [0.25, 0.3) is 0 Å². The number of amides is 1. The summed E-state index contributed by atoms with van der Waals surface area (Å²) in [5, 5.41) is 4.20. The number of benzene rings is 2. The van der Waals surface area contributed by atoms with Crippen LogP contribution in [-0.2, 0) is 4.79 Å². The lowest BCUT2D eigenvalue weighted by molar-refractivity contribution is -0.121. The number of carbonyl (C=O) groups is 1. The van der Waals surface area contributed by atoms with Gasteiger partial charge in [-0.05, 0) is 35.7 Å². The molecule has 0 radical (unpaired) electrons. The summed E-state index contributed by atoms with van der Waals surface area (Å²) in [5.74, 6) is 0.905. The van der Waals surface area contributed by atoms with E-state index in [1.165, 1.54) is 0 Å². The van der Waals surface area contributed by atoms with Crippen LogP contribution in [-0.4, -0.2) is 24.5 Å². The van der Waals surface area contributed by atoms with E-state index >= 15 is 0 Å². The number of hydrogen-bond acceptors (Lipinski definition) is 2. The van der Waals surface area contributed by atoms with Crippen LogP contribution in [0, 0.1) is 0 Å². The number of methoxy groups -OCH3 is 1. The van der Waals surface area contributed by atoms with Gasteiger partial charge in [-0.25, -0.2) is 0 Å². The van der Waals surface area contributed by atoms with Gasteiger partial charge >= 0.3 is 0 Å². The van der Waals surface area contributed by atoms with E-state index in [9.17, 15) is 4.79 Å². The van der Waals surface area contributed by atoms with Crippen molar-refractivity contribution in [3.63, 3.8) is 0 Å². The zero-order chi connectivity index (χ0) is 18.4. The minimum Gasteiger partial charge on any atom is -0.497 e. The van der Waals surface area contributed by atoms with Gasteiger partial charge in [0.1, 0.15) is 5.75 Å². The maximum absolute atomic E-state index is 12.5. The largest absolute Gasteiger partial charge is 0.497 e. The van der Waals surface area contributed by atoms with E-state index in [2.05, 4.69) is 29.4 Å². The molecule has 0 aliphatic rings. The molecule has 4 heteroatoms. The summed E-state index contributed by atoms with van der Waals surface area (Å²) in [7, 11) is 1.66. The lowest BCUT2D eigenvalue weighted by Crippen LogP contribution is -2.26. The molecule has 1 unspecified atom stereocenters. The van der Waals surface area contributed by atoms with Gasteiger partial charge in [-0.1, -0.05) is 43.7 Å². The third-order valence-electron chi connectivity index (χ3n) is 4.76. The summed E-state index contributed by atoms with van der Waals surface area (Å²) in [6, 6.07) is 16.2. The fraction of sp³-hybridized carbons (Fsp3) is 0.318. The zero-order valence-corrected chi connectivity index (χ0v) is 15.4. The number of aromatic nitrogens is 1. The van der Waals surface area contributed by atoms with E-state index in [-0.39, 0.29) is 11.8 Å². The molecule has 0 aliphatic heterocycles. The lowest BCUT2D eigenvalue weighted by atomic mass is 9.88. The standard InChI is InChI=1S/C22H26N2O2/c1-3-4-13-23-22(25)14-19(16-9-11-17(26-2)12-10-16)20-15-24-21-8-6-5-7-18(20)21/h5-12,15,19,24H,3-4,13-14H2,1-2H3,(H,23,25). The first-order valence-electron chi connectivity index (χ1n) is 9.19. The van der Waals surface area contributed by atoms with Gasteiger partial charge in [-0.3, -0.25) is 4.79 Å². The second-order valence-corrected chi connectivity index (χ2v) is 6.52. The molecule has 1 atom stereocenters. The van der Waals surface area contributed by atoms with Crippen molar-refractivity contribution in [2.75, 3.05) is 13.7 Å². The van der Waals surface area contributed by atoms with Crippen molar-refractivity contribution in [1.82, 2.24) is 10.3 Å². The van der Waals surface area contributed by atoms with Crippen LogP contribution in [0.15, 0.2) is 54.7 Å². The number of unbranched alkanes of at least 4 members (excludes halogenated alkanes) is 1. The summed E-state index contributed by atoms with van der Waals surface area (Å²) in [4.78, 5) is 15.8. The Morgan fingerprint density at radius 3 is 2.65 bits per heavy atom. The minimum atomic E-state index is -0.00122. The summed E-state index contributed by atoms with van der Waals surface area (Å²) in [5.41, 5.74) is 3.35. The second-order valence-electron chi connectivity index (χ2n) is 6.52. The number of rotatable bonds is 8. The summed E-state index contributed by atoms with van der Waals surface area (Å²) in [6.45, 7) is 2.86. The van der Waals surface area contributed by atoms with Crippen LogP contribution < -0.4 is 10.1 Å². The quantitative estimate of drug-likeness (QED) is 0.583. The molecule has 1 amide bonds. The maximum Gasteiger partial charge on any atom is 0.220 e. The number of H-pyrrole nitrogens is 1. The van der Waals surface area contributed by atoms with Crippen LogP contribution in [0.3, 0.4) is 0 Å². The molecule has 2 aromatic carbocycles. The average Bonchev–Trinajstić information content (AvgIpc) is 3.10. The number of para-hydroxylation sites is 1. The Morgan fingerprint density at radius 1 is 1.15 bits per heavy atom. The third kappa shape index (κ3) is 4.07. The van der Waals surface area contributed by atoms with Gasteiger partial charge in [-0.2, -0.15) is 0 Å². The first-order valence-corrected chi connectivity index (χ1v) is 9.19. The smallest absolute Gasteiger partial charge is 0.220 e. The van der Waals surface area contributed by atoms with E-state index in [1.54, 1.807) is 7.11 Å². The van der Waals surface area contributed by atoms with E-state index in [4.69, 9.17) is 4.74 Å². The molecule has 0 bridgehead atoms. The van der Waals surface area contributed by atoms with E-state index < -0.39 is 0 Å². The highest BCUT2D eigenvalue weighted by Crippen LogP contribution is 2.34. The van der Waals surface area contributed by atoms with Crippen LogP contribution in [0.1, 0.15) is 43.2 Å². The molecule has 4 nitrogen and oxygen atoms in total. The van der Waals surface area contributed by atoms with Gasteiger partial charge in [0.15, 0.2) is 0 Å². The molecular weight excluding hydrogens is 324 g/mol. The number of carbonyl (C=O) groups excluding carboxylic acids is 1. The number of nitrogens with one attached hydrogen (secondary N) is 2. The summed E-state index contributed by atoms with van der Waals surface area (Å²) in [6.07, 6.45) is 4.54. The predicted molar refractivity (Wildman–Crippen MR) is 106 cm³/mol. The van der Waals surface area contributed by atoms with Crippen molar-refractivity contribution >= 4 is 16.8 Å². The predicted octanol–water partition coefficient (Wildman–Crippen LogP) is 4.61. The van der Waals surface area contributed by atoms with E-state index in [0.717, 1.165) is 47.2 Å². The Hall–Kier alpha value is -2.75. The Bertz CT molecular complexity index is 852. The van der Waals surface area contributed by atoms with E-state index in [1.807, 2.05) is 42.6 Å². The van der Waals surface area contributed by atoms with E-state index in [0.29, 0.717) is 6.42 Å². The molecule has 0 saturated heterocycles. The van der Waals surface area contributed by atoms with Crippen molar-refractivity contribution in [1.29, 1.82) is 0 Å². The van der Waals surface area contributed by atoms with Crippen LogP contribution in [0.5, 0.6) is 5.75 Å². The first-order chi connectivity index (χ1) is 12.7. The second kappa shape index (κ2) is 8.56. The lowest BCUT2D eigenvalue weighted by Gasteiger charge is -2.17. The molecule has 0 spiro atoms. The molecular formula is C22H26N2O2.